The molecule has 0 atom stereocenters. The maximum Gasteiger partial charge on any atom is 0.423 e. The van der Waals surface area contributed by atoms with Crippen molar-refractivity contribution in [2.75, 3.05) is 6.61 Å². The first-order valence-electron chi connectivity index (χ1n) is 7.38. The molecule has 24 heavy (non-hydrogen) atoms. The first kappa shape index (κ1) is 17.4. The molecule has 2 aromatic rings. The molecule has 2 heterocycles. The normalized spacial score (nSPS) is 11.0. The largest absolute Gasteiger partial charge is 0.457 e. The highest BCUT2D eigenvalue weighted by molar-refractivity contribution is 6.41. The Bertz CT molecular complexity index is 841. The molecule has 0 aliphatic rings. The molecule has 8 nitrogen and oxygen atoms in total. The Hall–Kier alpha value is -2.99. The topological polar surface area (TPSA) is 107 Å². The molecule has 0 unspecified atom stereocenters. The quantitative estimate of drug-likeness (QED) is 0.372. The summed E-state index contributed by atoms with van der Waals surface area (Å²) in [4.78, 5) is 31.7. The van der Waals surface area contributed by atoms with Gasteiger partial charge in [-0.2, -0.15) is 4.79 Å². The molecule has 0 aromatic carbocycles. The van der Waals surface area contributed by atoms with Gasteiger partial charge in [-0.05, 0) is 45.9 Å². The van der Waals surface area contributed by atoms with Crippen LogP contribution in [0.25, 0.3) is 16.6 Å². The van der Waals surface area contributed by atoms with Crippen LogP contribution in [0.5, 0.6) is 0 Å². The molecule has 8 heteroatoms. The Labute approximate surface area is 138 Å². The van der Waals surface area contributed by atoms with Crippen molar-refractivity contribution in [3.63, 3.8) is 0 Å². The van der Waals surface area contributed by atoms with E-state index in [1.165, 1.54) is 12.3 Å². The van der Waals surface area contributed by atoms with Crippen LogP contribution < -0.4 is 0 Å². The summed E-state index contributed by atoms with van der Waals surface area (Å²) in [5.41, 5.74) is 8.41. The fraction of sp³-hybridized carbons (Fsp3) is 0.375. The summed E-state index contributed by atoms with van der Waals surface area (Å²) in [5, 5.41) is 0.587. The minimum atomic E-state index is -0.854. The van der Waals surface area contributed by atoms with Gasteiger partial charge in [-0.3, -0.25) is 0 Å². The predicted octanol–water partition coefficient (Wildman–Crippen LogP) is 2.40. The molecule has 0 radical (unpaired) electrons. The van der Waals surface area contributed by atoms with E-state index in [4.69, 9.17) is 9.47 Å². The molecule has 0 bridgehead atoms. The van der Waals surface area contributed by atoms with Crippen molar-refractivity contribution in [1.82, 2.24) is 9.55 Å². The van der Waals surface area contributed by atoms with Crippen LogP contribution in [0.15, 0.2) is 24.4 Å². The molecule has 0 amide bonds. The van der Waals surface area contributed by atoms with Crippen molar-refractivity contribution < 1.29 is 23.9 Å². The van der Waals surface area contributed by atoms with Gasteiger partial charge in [0.05, 0.1) is 6.61 Å². The fourth-order valence-electron chi connectivity index (χ4n) is 2.10. The monoisotopic (exact) mass is 330 g/mol. The molecule has 0 saturated heterocycles. The lowest BCUT2D eigenvalue weighted by Crippen LogP contribution is -2.31. The summed E-state index contributed by atoms with van der Waals surface area (Å²) in [7, 11) is 0. The maximum absolute atomic E-state index is 12.6. The number of pyridine rings is 1. The molecule has 0 saturated carbocycles. The van der Waals surface area contributed by atoms with E-state index in [0.29, 0.717) is 5.39 Å². The lowest BCUT2D eigenvalue weighted by Gasteiger charge is -2.20. The number of hydrogen-bond donors (Lipinski definition) is 0. The molecule has 0 aliphatic carbocycles. The second-order valence-electron chi connectivity index (χ2n) is 5.93. The SMILES string of the molecule is CCOC(=O)C(=[N+]=[N-])c1cc2cccnc2n1C(=O)OC(C)(C)C. The summed E-state index contributed by atoms with van der Waals surface area (Å²) in [6, 6.07) is 4.91. The summed E-state index contributed by atoms with van der Waals surface area (Å²) in [6.45, 7) is 6.88. The van der Waals surface area contributed by atoms with Gasteiger partial charge in [0.25, 0.3) is 0 Å². The van der Waals surface area contributed by atoms with E-state index < -0.39 is 23.4 Å². The van der Waals surface area contributed by atoms with E-state index in [1.54, 1.807) is 39.8 Å². The van der Waals surface area contributed by atoms with Crippen LogP contribution in [-0.4, -0.2) is 44.3 Å². The maximum atomic E-state index is 12.6. The zero-order valence-electron chi connectivity index (χ0n) is 13.9. The van der Waals surface area contributed by atoms with Crippen molar-refractivity contribution in [3.8, 4) is 0 Å². The van der Waals surface area contributed by atoms with E-state index in [-0.39, 0.29) is 17.9 Å². The Balaban J connectivity index is 2.65. The molecule has 0 fully saturated rings. The van der Waals surface area contributed by atoms with Crippen LogP contribution in [0.3, 0.4) is 0 Å². The summed E-state index contributed by atoms with van der Waals surface area (Å²) in [5.74, 6) is -0.854. The summed E-state index contributed by atoms with van der Waals surface area (Å²) >= 11 is 0. The van der Waals surface area contributed by atoms with Gasteiger partial charge in [-0.1, -0.05) is 0 Å². The number of hydrogen-bond acceptors (Lipinski definition) is 5. The molecule has 2 rings (SSSR count). The second kappa shape index (κ2) is 6.64. The molecular formula is C16H18N4O4. The number of ether oxygens (including phenoxy) is 2. The van der Waals surface area contributed by atoms with Crippen molar-refractivity contribution in [3.05, 3.63) is 35.6 Å². The summed E-state index contributed by atoms with van der Waals surface area (Å²) in [6.07, 6.45) is 0.768. The van der Waals surface area contributed by atoms with Crippen LogP contribution >= 0.6 is 0 Å². The van der Waals surface area contributed by atoms with Gasteiger partial charge in [0, 0.05) is 11.6 Å². The average Bonchev–Trinajstić information content (AvgIpc) is 2.85. The van der Waals surface area contributed by atoms with Crippen molar-refractivity contribution in [1.29, 1.82) is 0 Å². The fourth-order valence-corrected chi connectivity index (χ4v) is 2.10. The van der Waals surface area contributed by atoms with Crippen molar-refractivity contribution >= 4 is 28.8 Å². The van der Waals surface area contributed by atoms with Gasteiger partial charge >= 0.3 is 17.8 Å². The van der Waals surface area contributed by atoms with Crippen LogP contribution in [0.2, 0.25) is 0 Å². The van der Waals surface area contributed by atoms with Crippen LogP contribution in [0.4, 0.5) is 4.79 Å². The average molecular weight is 330 g/mol. The van der Waals surface area contributed by atoms with E-state index in [1.807, 2.05) is 0 Å². The van der Waals surface area contributed by atoms with Crippen LogP contribution in [0.1, 0.15) is 33.4 Å². The lowest BCUT2D eigenvalue weighted by atomic mass is 10.2. The minimum Gasteiger partial charge on any atom is -0.457 e. The standard InChI is InChI=1S/C16H18N4O4/c1-5-23-14(21)12(19-17)11-9-10-7-6-8-18-13(10)20(11)15(22)24-16(2,3)4/h6-9H,5H2,1-4H3. The number of fused-ring (bicyclic) bond motifs is 1. The van der Waals surface area contributed by atoms with E-state index in [0.717, 1.165) is 4.57 Å². The number of carbonyl (C=O) groups is 2. The minimum absolute atomic E-state index is 0.0406. The van der Waals surface area contributed by atoms with Gasteiger partial charge in [-0.25, -0.2) is 19.1 Å². The molecule has 0 spiro atoms. The third kappa shape index (κ3) is 3.49. The molecule has 2 aromatic heterocycles. The highest BCUT2D eigenvalue weighted by Gasteiger charge is 2.33. The first-order chi connectivity index (χ1) is 11.3. The molecule has 0 aliphatic heterocycles. The number of carbonyl (C=O) groups excluding carboxylic acids is 2. The molecule has 126 valence electrons. The third-order valence-corrected chi connectivity index (χ3v) is 2.95. The zero-order valence-corrected chi connectivity index (χ0v) is 13.9. The van der Waals surface area contributed by atoms with Gasteiger partial charge < -0.3 is 15.0 Å². The van der Waals surface area contributed by atoms with E-state index in [2.05, 4.69) is 9.77 Å². The van der Waals surface area contributed by atoms with Crippen LogP contribution in [-0.2, 0) is 14.3 Å². The Morgan fingerprint density at radius 3 is 2.67 bits per heavy atom. The van der Waals surface area contributed by atoms with E-state index in [9.17, 15) is 15.1 Å². The highest BCUT2D eigenvalue weighted by atomic mass is 16.6. The number of nitrogens with zero attached hydrogens (tertiary/aromatic N) is 4. The highest BCUT2D eigenvalue weighted by Crippen LogP contribution is 2.20. The van der Waals surface area contributed by atoms with Crippen molar-refractivity contribution in [2.45, 2.75) is 33.3 Å². The number of rotatable bonds is 3. The lowest BCUT2D eigenvalue weighted by molar-refractivity contribution is -0.139. The predicted molar refractivity (Wildman–Crippen MR) is 85.7 cm³/mol. The van der Waals surface area contributed by atoms with Gasteiger partial charge in [-0.15, -0.1) is 0 Å². The Morgan fingerprint density at radius 2 is 2.08 bits per heavy atom. The second-order valence-corrected chi connectivity index (χ2v) is 5.93. The Kier molecular flexibility index (Phi) is 4.80. The van der Waals surface area contributed by atoms with Gasteiger partial charge in [0.1, 0.15) is 11.2 Å². The van der Waals surface area contributed by atoms with Crippen LogP contribution in [0, 0.1) is 0 Å². The van der Waals surface area contributed by atoms with Gasteiger partial charge in [0.2, 0.25) is 0 Å². The summed E-state index contributed by atoms with van der Waals surface area (Å²) < 4.78 is 11.3. The Morgan fingerprint density at radius 1 is 1.38 bits per heavy atom. The zero-order chi connectivity index (χ0) is 17.9. The third-order valence-electron chi connectivity index (χ3n) is 2.95. The first-order valence-corrected chi connectivity index (χ1v) is 7.38. The molecule has 0 N–H and O–H groups in total. The smallest absolute Gasteiger partial charge is 0.423 e. The van der Waals surface area contributed by atoms with Gasteiger partial charge in [0.15, 0.2) is 5.69 Å². The molecular weight excluding hydrogens is 312 g/mol. The number of aromatic nitrogens is 2. The van der Waals surface area contributed by atoms with Crippen molar-refractivity contribution in [2.24, 2.45) is 0 Å². The van der Waals surface area contributed by atoms with E-state index >= 15 is 0 Å². The number of esters is 1.